The standard InChI is InChI=1S/C14H14FN5O/c1-8(2)11-12-13(14(21)18-16-11)20(19-17-12)7-9-5-3-4-6-10(9)15/h3-6,8H,7H2,1-2H3,(H,18,21). The van der Waals surface area contributed by atoms with E-state index in [0.717, 1.165) is 0 Å². The van der Waals surface area contributed by atoms with Gasteiger partial charge in [-0.25, -0.2) is 14.2 Å². The van der Waals surface area contributed by atoms with E-state index < -0.39 is 0 Å². The Morgan fingerprint density at radius 2 is 2.10 bits per heavy atom. The van der Waals surface area contributed by atoms with Crippen molar-refractivity contribution in [2.24, 2.45) is 0 Å². The van der Waals surface area contributed by atoms with Crippen LogP contribution in [0.15, 0.2) is 29.1 Å². The zero-order valence-electron chi connectivity index (χ0n) is 11.7. The highest BCUT2D eigenvalue weighted by molar-refractivity contribution is 5.75. The number of fused-ring (bicyclic) bond motifs is 1. The second-order valence-corrected chi connectivity index (χ2v) is 5.13. The van der Waals surface area contributed by atoms with Crippen LogP contribution in [0, 0.1) is 5.82 Å². The van der Waals surface area contributed by atoms with Gasteiger partial charge in [0.2, 0.25) is 0 Å². The molecule has 0 fully saturated rings. The van der Waals surface area contributed by atoms with Gasteiger partial charge in [0.05, 0.1) is 12.2 Å². The Kier molecular flexibility index (Phi) is 3.25. The topological polar surface area (TPSA) is 76.5 Å². The van der Waals surface area contributed by atoms with Crippen LogP contribution in [0.2, 0.25) is 0 Å². The molecule has 0 saturated carbocycles. The zero-order valence-corrected chi connectivity index (χ0v) is 11.7. The van der Waals surface area contributed by atoms with Crippen molar-refractivity contribution in [2.45, 2.75) is 26.3 Å². The van der Waals surface area contributed by atoms with E-state index in [-0.39, 0.29) is 23.8 Å². The largest absolute Gasteiger partial charge is 0.292 e. The Bertz CT molecular complexity index is 852. The van der Waals surface area contributed by atoms with Crippen molar-refractivity contribution in [3.05, 3.63) is 51.7 Å². The molecule has 0 amide bonds. The Hall–Kier alpha value is -2.57. The van der Waals surface area contributed by atoms with Gasteiger partial charge < -0.3 is 0 Å². The molecule has 2 heterocycles. The van der Waals surface area contributed by atoms with Gasteiger partial charge in [0.25, 0.3) is 5.56 Å². The minimum atomic E-state index is -0.379. The van der Waals surface area contributed by atoms with Crippen molar-refractivity contribution < 1.29 is 4.39 Å². The lowest BCUT2D eigenvalue weighted by atomic mass is 10.1. The van der Waals surface area contributed by atoms with E-state index >= 15 is 0 Å². The Labute approximate surface area is 119 Å². The molecular formula is C14H14FN5O. The van der Waals surface area contributed by atoms with Gasteiger partial charge in [0.15, 0.2) is 5.52 Å². The van der Waals surface area contributed by atoms with E-state index in [4.69, 9.17) is 0 Å². The molecule has 3 rings (SSSR count). The molecule has 108 valence electrons. The van der Waals surface area contributed by atoms with Gasteiger partial charge in [-0.15, -0.1) is 5.10 Å². The first-order chi connectivity index (χ1) is 10.1. The van der Waals surface area contributed by atoms with E-state index in [1.54, 1.807) is 18.2 Å². The van der Waals surface area contributed by atoms with Gasteiger partial charge in [-0.05, 0) is 12.0 Å². The molecule has 0 unspecified atom stereocenters. The van der Waals surface area contributed by atoms with E-state index in [0.29, 0.717) is 22.3 Å². The summed E-state index contributed by atoms with van der Waals surface area (Å²) in [6, 6.07) is 6.39. The first-order valence-electron chi connectivity index (χ1n) is 6.63. The number of aromatic nitrogens is 5. The molecule has 0 spiro atoms. The number of nitrogens with one attached hydrogen (secondary N) is 1. The Morgan fingerprint density at radius 1 is 1.33 bits per heavy atom. The maximum Gasteiger partial charge on any atom is 0.292 e. The van der Waals surface area contributed by atoms with Crippen LogP contribution in [-0.2, 0) is 6.54 Å². The maximum absolute atomic E-state index is 13.7. The average Bonchev–Trinajstić information content (AvgIpc) is 2.86. The average molecular weight is 287 g/mol. The van der Waals surface area contributed by atoms with Gasteiger partial charge in [0, 0.05) is 5.56 Å². The molecule has 1 N–H and O–H groups in total. The fraction of sp³-hybridized carbons (Fsp3) is 0.286. The molecule has 0 aliphatic rings. The lowest BCUT2D eigenvalue weighted by Gasteiger charge is -2.05. The molecule has 0 radical (unpaired) electrons. The minimum Gasteiger partial charge on any atom is -0.265 e. The van der Waals surface area contributed by atoms with Crippen molar-refractivity contribution in [1.29, 1.82) is 0 Å². The predicted octanol–water partition coefficient (Wildman–Crippen LogP) is 1.83. The van der Waals surface area contributed by atoms with Crippen LogP contribution in [0.1, 0.15) is 31.0 Å². The second kappa shape index (κ2) is 5.08. The molecule has 6 nitrogen and oxygen atoms in total. The molecule has 2 aromatic heterocycles. The molecular weight excluding hydrogens is 273 g/mol. The number of rotatable bonds is 3. The second-order valence-electron chi connectivity index (χ2n) is 5.13. The van der Waals surface area contributed by atoms with E-state index in [1.165, 1.54) is 10.7 Å². The quantitative estimate of drug-likeness (QED) is 0.797. The highest BCUT2D eigenvalue weighted by Gasteiger charge is 2.17. The monoisotopic (exact) mass is 287 g/mol. The Balaban J connectivity index is 2.15. The van der Waals surface area contributed by atoms with Crippen LogP contribution in [0.4, 0.5) is 4.39 Å². The number of H-pyrrole nitrogens is 1. The van der Waals surface area contributed by atoms with Crippen molar-refractivity contribution in [3.8, 4) is 0 Å². The lowest BCUT2D eigenvalue weighted by Crippen LogP contribution is -2.16. The fourth-order valence-electron chi connectivity index (χ4n) is 2.23. The van der Waals surface area contributed by atoms with Crippen LogP contribution < -0.4 is 5.56 Å². The summed E-state index contributed by atoms with van der Waals surface area (Å²) < 4.78 is 15.1. The van der Waals surface area contributed by atoms with Gasteiger partial charge >= 0.3 is 0 Å². The molecule has 0 bridgehead atoms. The van der Waals surface area contributed by atoms with Crippen molar-refractivity contribution in [1.82, 2.24) is 25.2 Å². The summed E-state index contributed by atoms with van der Waals surface area (Å²) in [6.07, 6.45) is 0. The smallest absolute Gasteiger partial charge is 0.265 e. The molecule has 21 heavy (non-hydrogen) atoms. The van der Waals surface area contributed by atoms with Crippen LogP contribution >= 0.6 is 0 Å². The SMILES string of the molecule is CC(C)c1n[nH]c(=O)c2c1nnn2Cc1ccccc1F. The molecule has 0 saturated heterocycles. The summed E-state index contributed by atoms with van der Waals surface area (Å²) in [6.45, 7) is 4.06. The highest BCUT2D eigenvalue weighted by atomic mass is 19.1. The minimum absolute atomic E-state index is 0.1000. The van der Waals surface area contributed by atoms with Crippen LogP contribution in [-0.4, -0.2) is 25.2 Å². The number of benzene rings is 1. The molecule has 1 aromatic carbocycles. The number of hydrogen-bond acceptors (Lipinski definition) is 4. The van der Waals surface area contributed by atoms with Crippen LogP contribution in [0.5, 0.6) is 0 Å². The Morgan fingerprint density at radius 3 is 2.81 bits per heavy atom. The number of halogens is 1. The third kappa shape index (κ3) is 2.31. The molecule has 0 atom stereocenters. The summed E-state index contributed by atoms with van der Waals surface area (Å²) in [5, 5.41) is 14.5. The van der Waals surface area contributed by atoms with Crippen LogP contribution in [0.25, 0.3) is 11.0 Å². The normalized spacial score (nSPS) is 11.4. The highest BCUT2D eigenvalue weighted by Crippen LogP contribution is 2.18. The van der Waals surface area contributed by atoms with E-state index in [1.807, 2.05) is 13.8 Å². The number of hydrogen-bond donors (Lipinski definition) is 1. The maximum atomic E-state index is 13.7. The molecule has 0 aliphatic carbocycles. The first-order valence-corrected chi connectivity index (χ1v) is 6.63. The van der Waals surface area contributed by atoms with Gasteiger partial charge in [-0.2, -0.15) is 5.10 Å². The summed E-state index contributed by atoms with van der Waals surface area (Å²) in [5.41, 5.74) is 1.52. The van der Waals surface area contributed by atoms with Crippen molar-refractivity contribution in [3.63, 3.8) is 0 Å². The lowest BCUT2D eigenvalue weighted by molar-refractivity contribution is 0.583. The fourth-order valence-corrected chi connectivity index (χ4v) is 2.23. The van der Waals surface area contributed by atoms with E-state index in [2.05, 4.69) is 20.5 Å². The van der Waals surface area contributed by atoms with Crippen molar-refractivity contribution >= 4 is 11.0 Å². The van der Waals surface area contributed by atoms with Gasteiger partial charge in [-0.1, -0.05) is 37.3 Å². The van der Waals surface area contributed by atoms with Crippen molar-refractivity contribution in [2.75, 3.05) is 0 Å². The van der Waals surface area contributed by atoms with Gasteiger partial charge in [0.1, 0.15) is 11.3 Å². The molecule has 0 aliphatic heterocycles. The summed E-state index contributed by atoms with van der Waals surface area (Å²) >= 11 is 0. The molecule has 3 aromatic rings. The number of aromatic amines is 1. The summed E-state index contributed by atoms with van der Waals surface area (Å²) in [4.78, 5) is 12.0. The van der Waals surface area contributed by atoms with E-state index in [9.17, 15) is 9.18 Å². The summed E-state index contributed by atoms with van der Waals surface area (Å²) in [7, 11) is 0. The number of nitrogens with zero attached hydrogens (tertiary/aromatic N) is 4. The molecule has 7 heteroatoms. The van der Waals surface area contributed by atoms with Gasteiger partial charge in [-0.3, -0.25) is 4.79 Å². The third-order valence-electron chi connectivity index (χ3n) is 3.30. The zero-order chi connectivity index (χ0) is 15.0. The van der Waals surface area contributed by atoms with Crippen LogP contribution in [0.3, 0.4) is 0 Å². The third-order valence-corrected chi connectivity index (χ3v) is 3.30. The predicted molar refractivity (Wildman–Crippen MR) is 75.5 cm³/mol. The summed E-state index contributed by atoms with van der Waals surface area (Å²) in [5.74, 6) is -0.237. The first kappa shape index (κ1) is 13.4.